The summed E-state index contributed by atoms with van der Waals surface area (Å²) >= 11 is 0. The molecule has 0 unspecified atom stereocenters. The average molecular weight is 306 g/mol. The molecule has 1 N–H and O–H groups in total. The maximum absolute atomic E-state index is 13.5. The molecule has 0 saturated carbocycles. The predicted octanol–water partition coefficient (Wildman–Crippen LogP) is 2.60. The summed E-state index contributed by atoms with van der Waals surface area (Å²) in [4.78, 5) is 18.2. The lowest BCUT2D eigenvalue weighted by atomic mass is 10.1. The van der Waals surface area contributed by atoms with Crippen molar-refractivity contribution in [2.24, 2.45) is 0 Å². The Morgan fingerprint density at radius 1 is 1.17 bits per heavy atom. The molecule has 0 spiro atoms. The van der Waals surface area contributed by atoms with Gasteiger partial charge in [-0.1, -0.05) is 0 Å². The highest BCUT2D eigenvalue weighted by Gasteiger charge is 2.15. The van der Waals surface area contributed by atoms with E-state index in [1.807, 2.05) is 6.07 Å². The van der Waals surface area contributed by atoms with Crippen molar-refractivity contribution < 1.29 is 9.13 Å². The summed E-state index contributed by atoms with van der Waals surface area (Å²) in [7, 11) is 0. The van der Waals surface area contributed by atoms with Crippen molar-refractivity contribution in [2.45, 2.75) is 0 Å². The summed E-state index contributed by atoms with van der Waals surface area (Å²) in [6, 6.07) is 10.3. The number of nitriles is 2. The number of nitrogens with zero attached hydrogens (tertiary/aromatic N) is 3. The number of fused-ring (bicyclic) bond motifs is 1. The van der Waals surface area contributed by atoms with E-state index in [4.69, 9.17) is 15.3 Å². The number of hydrogen-bond acceptors (Lipinski definition) is 5. The first-order chi connectivity index (χ1) is 11.1. The monoisotopic (exact) mass is 306 g/mol. The maximum Gasteiger partial charge on any atom is 0.269 e. The van der Waals surface area contributed by atoms with Gasteiger partial charge in [-0.05, 0) is 30.3 Å². The maximum atomic E-state index is 13.5. The van der Waals surface area contributed by atoms with E-state index in [1.165, 1.54) is 18.3 Å². The summed E-state index contributed by atoms with van der Waals surface area (Å²) in [5.74, 6) is -0.501. The van der Waals surface area contributed by atoms with Crippen molar-refractivity contribution >= 4 is 10.8 Å². The molecule has 0 bridgehead atoms. The van der Waals surface area contributed by atoms with Crippen LogP contribution in [0.15, 0.2) is 41.3 Å². The van der Waals surface area contributed by atoms with E-state index in [0.717, 1.165) is 12.1 Å². The number of ether oxygens (including phenoxy) is 1. The third-order valence-electron chi connectivity index (χ3n) is 3.15. The van der Waals surface area contributed by atoms with Gasteiger partial charge in [-0.25, -0.2) is 9.37 Å². The fraction of sp³-hybridized carbons (Fsp3) is 0. The van der Waals surface area contributed by atoms with Gasteiger partial charge in [-0.3, -0.25) is 9.78 Å². The van der Waals surface area contributed by atoms with Crippen LogP contribution >= 0.6 is 0 Å². The van der Waals surface area contributed by atoms with Crippen molar-refractivity contribution in [1.29, 1.82) is 10.5 Å². The number of hydrogen-bond donors (Lipinski definition) is 1. The van der Waals surface area contributed by atoms with Gasteiger partial charge in [0.25, 0.3) is 5.56 Å². The standard InChI is InChI=1S/C16H7FN4O2/c17-9-3-4-10-11(6-9)16(21-15(22)12(10)7-18)23-14-2-1-5-20-13(14)8-19/h1-6H,(H,21,22). The molecule has 0 aliphatic rings. The minimum absolute atomic E-state index is 0.0160. The SMILES string of the molecule is N#Cc1ncccc1Oc1[nH]c(=O)c(C#N)c2ccc(F)cc12. The predicted molar refractivity (Wildman–Crippen MR) is 78.3 cm³/mol. The van der Waals surface area contributed by atoms with Crippen LogP contribution < -0.4 is 10.3 Å². The van der Waals surface area contributed by atoms with Gasteiger partial charge in [0.05, 0.1) is 0 Å². The number of benzene rings is 1. The molecule has 0 saturated heterocycles. The van der Waals surface area contributed by atoms with Crippen LogP contribution in [-0.4, -0.2) is 9.97 Å². The minimum atomic E-state index is -0.663. The number of H-pyrrole nitrogens is 1. The number of halogens is 1. The molecule has 3 aromatic rings. The Balaban J connectivity index is 2.27. The van der Waals surface area contributed by atoms with Crippen LogP contribution in [0.2, 0.25) is 0 Å². The fourth-order valence-electron chi connectivity index (χ4n) is 2.14. The summed E-state index contributed by atoms with van der Waals surface area (Å²) < 4.78 is 19.1. The van der Waals surface area contributed by atoms with Gasteiger partial charge in [0.2, 0.25) is 5.88 Å². The van der Waals surface area contributed by atoms with E-state index in [9.17, 15) is 9.18 Å². The molecule has 0 aliphatic carbocycles. The van der Waals surface area contributed by atoms with Gasteiger partial charge in [-0.15, -0.1) is 0 Å². The Hall–Kier alpha value is -3.71. The molecule has 2 heterocycles. The molecule has 3 rings (SSSR count). The third kappa shape index (κ3) is 2.47. The Morgan fingerprint density at radius 2 is 2.00 bits per heavy atom. The first-order valence-electron chi connectivity index (χ1n) is 6.42. The highest BCUT2D eigenvalue weighted by molar-refractivity contribution is 5.91. The molecule has 0 aliphatic heterocycles. The van der Waals surface area contributed by atoms with Gasteiger partial charge in [0.15, 0.2) is 11.4 Å². The van der Waals surface area contributed by atoms with Crippen LogP contribution in [0.3, 0.4) is 0 Å². The van der Waals surface area contributed by atoms with Crippen molar-refractivity contribution in [3.8, 4) is 23.8 Å². The Kier molecular flexibility index (Phi) is 3.46. The average Bonchev–Trinajstić information content (AvgIpc) is 2.56. The lowest BCUT2D eigenvalue weighted by Crippen LogP contribution is -2.12. The summed E-state index contributed by atoms with van der Waals surface area (Å²) in [5, 5.41) is 18.6. The van der Waals surface area contributed by atoms with Crippen LogP contribution in [0.1, 0.15) is 11.3 Å². The molecule has 0 amide bonds. The fourth-order valence-corrected chi connectivity index (χ4v) is 2.14. The Morgan fingerprint density at radius 3 is 2.74 bits per heavy atom. The largest absolute Gasteiger partial charge is 0.437 e. The topological polar surface area (TPSA) is 103 Å². The Labute approximate surface area is 129 Å². The summed E-state index contributed by atoms with van der Waals surface area (Å²) in [6.07, 6.45) is 1.42. The van der Waals surface area contributed by atoms with Crippen LogP contribution in [0, 0.1) is 28.5 Å². The van der Waals surface area contributed by atoms with Crippen molar-refractivity contribution in [3.05, 3.63) is 64.0 Å². The van der Waals surface area contributed by atoms with Crippen molar-refractivity contribution in [2.75, 3.05) is 0 Å². The second-order valence-electron chi connectivity index (χ2n) is 4.52. The highest BCUT2D eigenvalue weighted by Crippen LogP contribution is 2.29. The zero-order chi connectivity index (χ0) is 16.4. The first-order valence-corrected chi connectivity index (χ1v) is 6.42. The van der Waals surface area contributed by atoms with Gasteiger partial charge in [-0.2, -0.15) is 10.5 Å². The van der Waals surface area contributed by atoms with E-state index in [0.29, 0.717) is 0 Å². The number of aromatic nitrogens is 2. The number of aromatic amines is 1. The van der Waals surface area contributed by atoms with Gasteiger partial charge in [0, 0.05) is 17.0 Å². The van der Waals surface area contributed by atoms with Crippen LogP contribution in [-0.2, 0) is 0 Å². The molecular weight excluding hydrogens is 299 g/mol. The second kappa shape index (κ2) is 5.58. The molecule has 7 heteroatoms. The van der Waals surface area contributed by atoms with Crippen molar-refractivity contribution in [3.63, 3.8) is 0 Å². The van der Waals surface area contributed by atoms with Gasteiger partial charge < -0.3 is 4.74 Å². The molecule has 0 radical (unpaired) electrons. The van der Waals surface area contributed by atoms with Crippen molar-refractivity contribution in [1.82, 2.24) is 9.97 Å². The molecule has 6 nitrogen and oxygen atoms in total. The molecule has 0 fully saturated rings. The lowest BCUT2D eigenvalue weighted by molar-refractivity contribution is 0.463. The lowest BCUT2D eigenvalue weighted by Gasteiger charge is -2.10. The highest BCUT2D eigenvalue weighted by atomic mass is 19.1. The van der Waals surface area contributed by atoms with E-state index in [-0.39, 0.29) is 33.7 Å². The molecule has 0 atom stereocenters. The summed E-state index contributed by atoms with van der Waals surface area (Å²) in [5.41, 5.74) is -0.787. The molecular formula is C16H7FN4O2. The quantitative estimate of drug-likeness (QED) is 0.784. The van der Waals surface area contributed by atoms with Crippen LogP contribution in [0.4, 0.5) is 4.39 Å². The number of pyridine rings is 2. The van der Waals surface area contributed by atoms with E-state index in [1.54, 1.807) is 12.1 Å². The van der Waals surface area contributed by atoms with E-state index < -0.39 is 11.4 Å². The third-order valence-corrected chi connectivity index (χ3v) is 3.15. The van der Waals surface area contributed by atoms with Gasteiger partial charge >= 0.3 is 0 Å². The van der Waals surface area contributed by atoms with E-state index in [2.05, 4.69) is 9.97 Å². The number of nitrogens with one attached hydrogen (secondary N) is 1. The first kappa shape index (κ1) is 14.2. The molecule has 1 aromatic carbocycles. The second-order valence-corrected chi connectivity index (χ2v) is 4.52. The zero-order valence-electron chi connectivity index (χ0n) is 11.5. The number of rotatable bonds is 2. The van der Waals surface area contributed by atoms with E-state index >= 15 is 0 Å². The smallest absolute Gasteiger partial charge is 0.269 e. The zero-order valence-corrected chi connectivity index (χ0v) is 11.5. The van der Waals surface area contributed by atoms with Gasteiger partial charge in [0.1, 0.15) is 23.5 Å². The van der Waals surface area contributed by atoms with Crippen LogP contribution in [0.25, 0.3) is 10.8 Å². The summed E-state index contributed by atoms with van der Waals surface area (Å²) in [6.45, 7) is 0. The minimum Gasteiger partial charge on any atom is -0.437 e. The Bertz CT molecular complexity index is 1060. The van der Waals surface area contributed by atoms with Crippen LogP contribution in [0.5, 0.6) is 11.6 Å². The normalized spacial score (nSPS) is 10.0. The molecule has 110 valence electrons. The molecule has 2 aromatic heterocycles. The molecule has 23 heavy (non-hydrogen) atoms.